The Kier molecular flexibility index (Phi) is 8.46. The number of allylic oxidation sites excluding steroid dienone is 3. The van der Waals surface area contributed by atoms with Gasteiger partial charge in [0, 0.05) is 35.1 Å². The zero-order chi connectivity index (χ0) is 25.8. The largest absolute Gasteiger partial charge is 0.503 e. The molecular formula is C28H30BrNO5S. The molecule has 6 nitrogen and oxygen atoms in total. The molecule has 1 aliphatic heterocycles. The first-order valence-corrected chi connectivity index (χ1v) is 13.9. The summed E-state index contributed by atoms with van der Waals surface area (Å²) in [6, 6.07) is 13.5. The van der Waals surface area contributed by atoms with E-state index in [4.69, 9.17) is 9.47 Å². The molecule has 0 fully saturated rings. The molecule has 2 atom stereocenters. The molecule has 0 radical (unpaired) electrons. The van der Waals surface area contributed by atoms with Gasteiger partial charge in [-0.05, 0) is 64.2 Å². The van der Waals surface area contributed by atoms with Gasteiger partial charge in [-0.15, -0.1) is 0 Å². The monoisotopic (exact) mass is 571 g/mol. The number of methoxy groups -OCH3 is 1. The molecule has 1 aliphatic carbocycles. The van der Waals surface area contributed by atoms with Crippen LogP contribution in [0.5, 0.6) is 11.5 Å². The van der Waals surface area contributed by atoms with Gasteiger partial charge >= 0.3 is 5.97 Å². The maximum absolute atomic E-state index is 13.7. The summed E-state index contributed by atoms with van der Waals surface area (Å²) < 4.78 is 11.4. The SMILES string of the molecule is CCSCCOC(=O)C1=C(C)NC2=C(C(=O)CC(c3ccccc3)C2)C1c1cc(Br)c(O)c(OC)c1. The number of nitrogens with one attached hydrogen (secondary N) is 1. The highest BCUT2D eigenvalue weighted by Gasteiger charge is 2.41. The number of Topliss-reactive ketones (excluding diaryl/α,β-unsaturated/α-hetero) is 1. The number of carbonyl (C=O) groups excluding carboxylic acids is 2. The Morgan fingerprint density at radius 3 is 2.64 bits per heavy atom. The van der Waals surface area contributed by atoms with Crippen molar-refractivity contribution in [1.82, 2.24) is 5.32 Å². The number of thioether (sulfide) groups is 1. The maximum atomic E-state index is 13.7. The Morgan fingerprint density at radius 2 is 1.94 bits per heavy atom. The van der Waals surface area contributed by atoms with E-state index in [1.54, 1.807) is 23.9 Å². The van der Waals surface area contributed by atoms with Crippen LogP contribution in [0.2, 0.25) is 0 Å². The summed E-state index contributed by atoms with van der Waals surface area (Å²) in [5.41, 5.74) is 4.25. The van der Waals surface area contributed by atoms with Crippen LogP contribution in [0.25, 0.3) is 0 Å². The van der Waals surface area contributed by atoms with Crippen molar-refractivity contribution in [3.8, 4) is 11.5 Å². The normalized spacial score (nSPS) is 19.6. The van der Waals surface area contributed by atoms with E-state index >= 15 is 0 Å². The molecule has 190 valence electrons. The first-order valence-electron chi connectivity index (χ1n) is 12.0. The number of benzene rings is 2. The predicted molar refractivity (Wildman–Crippen MR) is 145 cm³/mol. The van der Waals surface area contributed by atoms with E-state index in [1.807, 2.05) is 37.3 Å². The molecule has 4 rings (SSSR count). The van der Waals surface area contributed by atoms with Gasteiger partial charge in [-0.25, -0.2) is 4.79 Å². The second-order valence-electron chi connectivity index (χ2n) is 8.81. The highest BCUT2D eigenvalue weighted by atomic mass is 79.9. The van der Waals surface area contributed by atoms with Crippen LogP contribution in [0.4, 0.5) is 0 Å². The number of carbonyl (C=O) groups is 2. The third-order valence-electron chi connectivity index (χ3n) is 6.59. The van der Waals surface area contributed by atoms with E-state index in [2.05, 4.69) is 28.2 Å². The predicted octanol–water partition coefficient (Wildman–Crippen LogP) is 5.82. The molecule has 0 aromatic heterocycles. The summed E-state index contributed by atoms with van der Waals surface area (Å²) in [5.74, 6) is 0.830. The summed E-state index contributed by atoms with van der Waals surface area (Å²) in [5, 5.41) is 13.8. The molecular weight excluding hydrogens is 542 g/mol. The van der Waals surface area contributed by atoms with Crippen molar-refractivity contribution in [2.75, 3.05) is 25.2 Å². The van der Waals surface area contributed by atoms with Crippen LogP contribution in [0.1, 0.15) is 49.7 Å². The third-order valence-corrected chi connectivity index (χ3v) is 8.06. The second-order valence-corrected chi connectivity index (χ2v) is 11.1. The van der Waals surface area contributed by atoms with E-state index < -0.39 is 11.9 Å². The third kappa shape index (κ3) is 5.34. The van der Waals surface area contributed by atoms with Crippen LogP contribution >= 0.6 is 27.7 Å². The minimum absolute atomic E-state index is 0.00916. The van der Waals surface area contributed by atoms with Gasteiger partial charge in [0.25, 0.3) is 0 Å². The number of rotatable bonds is 8. The van der Waals surface area contributed by atoms with Crippen molar-refractivity contribution in [3.63, 3.8) is 0 Å². The van der Waals surface area contributed by atoms with Crippen molar-refractivity contribution in [1.29, 1.82) is 0 Å². The molecule has 0 bridgehead atoms. The fourth-order valence-electron chi connectivity index (χ4n) is 4.94. The summed E-state index contributed by atoms with van der Waals surface area (Å²) in [6.07, 6.45) is 1.01. The van der Waals surface area contributed by atoms with Gasteiger partial charge in [-0.2, -0.15) is 11.8 Å². The Labute approximate surface area is 224 Å². The molecule has 0 saturated carbocycles. The summed E-state index contributed by atoms with van der Waals surface area (Å²) >= 11 is 5.09. The zero-order valence-corrected chi connectivity index (χ0v) is 23.0. The van der Waals surface area contributed by atoms with Crippen molar-refractivity contribution in [2.24, 2.45) is 0 Å². The highest BCUT2D eigenvalue weighted by molar-refractivity contribution is 9.10. The van der Waals surface area contributed by atoms with Gasteiger partial charge in [0.2, 0.25) is 0 Å². The molecule has 0 amide bonds. The van der Waals surface area contributed by atoms with Crippen LogP contribution in [-0.4, -0.2) is 42.1 Å². The smallest absolute Gasteiger partial charge is 0.336 e. The fraction of sp³-hybridized carbons (Fsp3) is 0.357. The molecule has 8 heteroatoms. The van der Waals surface area contributed by atoms with Crippen molar-refractivity contribution in [3.05, 3.63) is 80.6 Å². The molecule has 2 aliphatic rings. The van der Waals surface area contributed by atoms with E-state index in [-0.39, 0.29) is 23.2 Å². The standard InChI is InChI=1S/C28H30BrNO5S/c1-4-36-11-10-35-28(33)24-16(2)30-21-13-18(17-8-6-5-7-9-17)14-22(31)26(21)25(24)19-12-20(29)27(32)23(15-19)34-3/h5-9,12,15,18,25,30,32H,4,10-11,13-14H2,1-3H3. The molecule has 36 heavy (non-hydrogen) atoms. The maximum Gasteiger partial charge on any atom is 0.336 e. The van der Waals surface area contributed by atoms with Gasteiger partial charge in [0.05, 0.1) is 17.2 Å². The van der Waals surface area contributed by atoms with Crippen molar-refractivity contribution >= 4 is 39.4 Å². The first-order chi connectivity index (χ1) is 17.3. The van der Waals surface area contributed by atoms with E-state index in [9.17, 15) is 14.7 Å². The molecule has 0 saturated heterocycles. The van der Waals surface area contributed by atoms with Crippen molar-refractivity contribution < 1.29 is 24.2 Å². The number of hydrogen-bond acceptors (Lipinski definition) is 7. The number of ketones is 1. The van der Waals surface area contributed by atoms with Crippen LogP contribution in [0, 0.1) is 0 Å². The van der Waals surface area contributed by atoms with Crippen LogP contribution in [0.15, 0.2) is 69.5 Å². The summed E-state index contributed by atoms with van der Waals surface area (Å²) in [7, 11) is 1.47. The number of halogens is 1. The number of ether oxygens (including phenoxy) is 2. The number of esters is 1. The lowest BCUT2D eigenvalue weighted by atomic mass is 9.71. The van der Waals surface area contributed by atoms with Crippen LogP contribution < -0.4 is 10.1 Å². The van der Waals surface area contributed by atoms with Crippen LogP contribution in [-0.2, 0) is 14.3 Å². The lowest BCUT2D eigenvalue weighted by molar-refractivity contribution is -0.138. The van der Waals surface area contributed by atoms with Crippen LogP contribution in [0.3, 0.4) is 0 Å². The molecule has 0 spiro atoms. The van der Waals surface area contributed by atoms with Gasteiger partial charge < -0.3 is 19.9 Å². The zero-order valence-electron chi connectivity index (χ0n) is 20.6. The van der Waals surface area contributed by atoms with E-state index in [1.165, 1.54) is 7.11 Å². The Morgan fingerprint density at radius 1 is 1.19 bits per heavy atom. The molecule has 2 unspecified atom stereocenters. The summed E-state index contributed by atoms with van der Waals surface area (Å²) in [4.78, 5) is 27.1. The molecule has 2 aromatic rings. The highest BCUT2D eigenvalue weighted by Crippen LogP contribution is 2.48. The van der Waals surface area contributed by atoms with Gasteiger partial charge in [0.1, 0.15) is 6.61 Å². The topological polar surface area (TPSA) is 84.9 Å². The lowest BCUT2D eigenvalue weighted by Crippen LogP contribution is -2.36. The van der Waals surface area contributed by atoms with E-state index in [0.29, 0.717) is 52.1 Å². The average Bonchev–Trinajstić information content (AvgIpc) is 2.87. The lowest BCUT2D eigenvalue weighted by Gasteiger charge is -2.37. The minimum Gasteiger partial charge on any atom is -0.503 e. The van der Waals surface area contributed by atoms with Gasteiger partial charge in [-0.3, -0.25) is 4.79 Å². The van der Waals surface area contributed by atoms with Gasteiger partial charge in [0.15, 0.2) is 17.3 Å². The molecule has 2 N–H and O–H groups in total. The second kappa shape index (κ2) is 11.6. The number of dihydropyridines is 1. The quantitative estimate of drug-likeness (QED) is 0.305. The van der Waals surface area contributed by atoms with Gasteiger partial charge in [-0.1, -0.05) is 37.3 Å². The Balaban J connectivity index is 1.78. The number of phenols is 1. The minimum atomic E-state index is -0.636. The number of phenolic OH excluding ortho intramolecular Hbond substituents is 1. The van der Waals surface area contributed by atoms with E-state index in [0.717, 1.165) is 17.0 Å². The number of aromatic hydroxyl groups is 1. The first kappa shape index (κ1) is 26.4. The summed E-state index contributed by atoms with van der Waals surface area (Å²) in [6.45, 7) is 4.19. The Bertz CT molecular complexity index is 1220. The molecule has 1 heterocycles. The number of hydrogen-bond donors (Lipinski definition) is 2. The Hall–Kier alpha value is -2.71. The molecule has 2 aromatic carbocycles. The van der Waals surface area contributed by atoms with Crippen molar-refractivity contribution in [2.45, 2.75) is 38.5 Å². The fourth-order valence-corrected chi connectivity index (χ4v) is 5.88. The average molecular weight is 573 g/mol.